The summed E-state index contributed by atoms with van der Waals surface area (Å²) in [6.45, 7) is 8.18. The lowest BCUT2D eigenvalue weighted by molar-refractivity contribution is 0.00791. The Labute approximate surface area is 163 Å². The molecule has 8 heteroatoms. The number of thiazole rings is 1. The first-order chi connectivity index (χ1) is 12.6. The predicted octanol–water partition coefficient (Wildman–Crippen LogP) is 3.92. The zero-order valence-corrected chi connectivity index (χ0v) is 16.9. The van der Waals surface area contributed by atoms with Crippen molar-refractivity contribution < 1.29 is 4.74 Å². The van der Waals surface area contributed by atoms with Crippen LogP contribution in [0.3, 0.4) is 0 Å². The Hall–Kier alpha value is -1.02. The van der Waals surface area contributed by atoms with Crippen LogP contribution in [-0.4, -0.2) is 58.2 Å². The average Bonchev–Trinajstić information content (AvgIpc) is 3.08. The fourth-order valence-electron chi connectivity index (χ4n) is 3.88. The van der Waals surface area contributed by atoms with E-state index in [1.807, 2.05) is 0 Å². The van der Waals surface area contributed by atoms with Gasteiger partial charge in [-0.1, -0.05) is 25.2 Å². The van der Waals surface area contributed by atoms with Gasteiger partial charge in [0, 0.05) is 31.1 Å². The highest BCUT2D eigenvalue weighted by Gasteiger charge is 2.27. The third-order valence-corrected chi connectivity index (χ3v) is 6.76. The Morgan fingerprint density at radius 2 is 1.85 bits per heavy atom. The lowest BCUT2D eigenvalue weighted by Gasteiger charge is -2.39. The van der Waals surface area contributed by atoms with Crippen molar-refractivity contribution in [2.45, 2.75) is 57.5 Å². The van der Waals surface area contributed by atoms with Crippen molar-refractivity contribution in [1.29, 1.82) is 0 Å². The van der Waals surface area contributed by atoms with Gasteiger partial charge < -0.3 is 10.1 Å². The Morgan fingerprint density at radius 1 is 1.12 bits per heavy atom. The van der Waals surface area contributed by atoms with Crippen LogP contribution in [0.2, 0.25) is 5.28 Å². The van der Waals surface area contributed by atoms with Gasteiger partial charge in [0.1, 0.15) is 5.52 Å². The van der Waals surface area contributed by atoms with Crippen LogP contribution in [-0.2, 0) is 4.74 Å². The van der Waals surface area contributed by atoms with Gasteiger partial charge in [-0.3, -0.25) is 4.90 Å². The summed E-state index contributed by atoms with van der Waals surface area (Å²) >= 11 is 7.76. The maximum atomic E-state index is 6.15. The second-order valence-corrected chi connectivity index (χ2v) is 8.85. The van der Waals surface area contributed by atoms with Gasteiger partial charge in [-0.2, -0.15) is 4.98 Å². The Balaban J connectivity index is 1.44. The number of fused-ring (bicyclic) bond motifs is 1. The molecule has 142 valence electrons. The number of nitrogens with zero attached hydrogens (tertiary/aromatic N) is 4. The molecule has 0 amide bonds. The summed E-state index contributed by atoms with van der Waals surface area (Å²) in [5, 5.41) is 4.98. The molecule has 1 aliphatic heterocycles. The number of hydrogen-bond donors (Lipinski definition) is 1. The van der Waals surface area contributed by atoms with E-state index in [1.165, 1.54) is 12.8 Å². The lowest BCUT2D eigenvalue weighted by atomic mass is 9.90. The van der Waals surface area contributed by atoms with E-state index in [-0.39, 0.29) is 0 Å². The minimum Gasteiger partial charge on any atom is -0.379 e. The largest absolute Gasteiger partial charge is 0.379 e. The van der Waals surface area contributed by atoms with Crippen LogP contribution in [0.1, 0.15) is 50.5 Å². The number of hydrogen-bond acceptors (Lipinski definition) is 7. The van der Waals surface area contributed by atoms with Gasteiger partial charge in [-0.25, -0.2) is 9.97 Å². The summed E-state index contributed by atoms with van der Waals surface area (Å²) < 4.78 is 5.47. The molecule has 1 saturated carbocycles. The molecule has 0 spiro atoms. The first-order valence-electron chi connectivity index (χ1n) is 9.52. The van der Waals surface area contributed by atoms with Gasteiger partial charge in [-0.15, -0.1) is 0 Å². The summed E-state index contributed by atoms with van der Waals surface area (Å²) in [4.78, 5) is 17.0. The molecule has 1 saturated heterocycles. The van der Waals surface area contributed by atoms with E-state index in [0.29, 0.717) is 23.3 Å². The Bertz CT molecular complexity index is 753. The number of anilines is 1. The number of aromatic nitrogens is 3. The molecule has 2 aromatic heterocycles. The summed E-state index contributed by atoms with van der Waals surface area (Å²) in [5.41, 5.74) is 0.860. The summed E-state index contributed by atoms with van der Waals surface area (Å²) in [6.07, 6.45) is 4.72. The van der Waals surface area contributed by atoms with Crippen molar-refractivity contribution in [2.75, 3.05) is 31.6 Å². The van der Waals surface area contributed by atoms with E-state index < -0.39 is 0 Å². The molecule has 0 bridgehead atoms. The minimum absolute atomic E-state index is 0.293. The Morgan fingerprint density at radius 3 is 2.54 bits per heavy atom. The standard InChI is InChI=1S/C18H26ClN5OS/c1-11(2)16-21-14-15(22-18(19)23-17(14)26-16)20-12-3-5-13(6-4-12)24-7-9-25-10-8-24/h11-13H,3-10H2,1-2H3,(H,20,22,23)/t12-,13-. The molecule has 2 aromatic rings. The van der Waals surface area contributed by atoms with Gasteiger partial charge >= 0.3 is 0 Å². The second-order valence-electron chi connectivity index (χ2n) is 7.50. The molecular weight excluding hydrogens is 370 g/mol. The molecule has 6 nitrogen and oxygen atoms in total. The van der Waals surface area contributed by atoms with Crippen LogP contribution >= 0.6 is 22.9 Å². The average molecular weight is 396 g/mol. The highest BCUT2D eigenvalue weighted by Crippen LogP contribution is 2.32. The molecule has 4 rings (SSSR count). The predicted molar refractivity (Wildman–Crippen MR) is 106 cm³/mol. The van der Waals surface area contributed by atoms with Gasteiger partial charge in [0.15, 0.2) is 10.6 Å². The molecule has 0 radical (unpaired) electrons. The maximum Gasteiger partial charge on any atom is 0.225 e. The molecule has 2 fully saturated rings. The van der Waals surface area contributed by atoms with Gasteiger partial charge in [0.05, 0.1) is 18.2 Å². The van der Waals surface area contributed by atoms with E-state index in [0.717, 1.165) is 60.3 Å². The first kappa shape index (κ1) is 18.3. The third kappa shape index (κ3) is 3.96. The molecular formula is C18H26ClN5OS. The Kier molecular flexibility index (Phi) is 5.59. The maximum absolute atomic E-state index is 6.15. The van der Waals surface area contributed by atoms with Crippen LogP contribution in [0, 0.1) is 0 Å². The van der Waals surface area contributed by atoms with Gasteiger partial charge in [0.25, 0.3) is 0 Å². The van der Waals surface area contributed by atoms with E-state index >= 15 is 0 Å². The fourth-order valence-corrected chi connectivity index (χ4v) is 5.04. The van der Waals surface area contributed by atoms with Crippen molar-refractivity contribution >= 4 is 39.1 Å². The quantitative estimate of drug-likeness (QED) is 0.791. The molecule has 26 heavy (non-hydrogen) atoms. The fraction of sp³-hybridized carbons (Fsp3) is 0.722. The van der Waals surface area contributed by atoms with Crippen molar-refractivity contribution in [2.24, 2.45) is 0 Å². The minimum atomic E-state index is 0.293. The molecule has 1 aliphatic carbocycles. The highest BCUT2D eigenvalue weighted by molar-refractivity contribution is 7.18. The first-order valence-corrected chi connectivity index (χ1v) is 10.7. The topological polar surface area (TPSA) is 63.2 Å². The van der Waals surface area contributed by atoms with Crippen molar-refractivity contribution in [3.05, 3.63) is 10.3 Å². The van der Waals surface area contributed by atoms with Crippen LogP contribution in [0.15, 0.2) is 0 Å². The van der Waals surface area contributed by atoms with Crippen molar-refractivity contribution in [1.82, 2.24) is 19.9 Å². The van der Waals surface area contributed by atoms with Crippen LogP contribution in [0.5, 0.6) is 0 Å². The summed E-state index contributed by atoms with van der Waals surface area (Å²) in [7, 11) is 0. The van der Waals surface area contributed by atoms with E-state index in [4.69, 9.17) is 21.3 Å². The van der Waals surface area contributed by atoms with Crippen molar-refractivity contribution in [3.8, 4) is 0 Å². The second kappa shape index (κ2) is 7.92. The molecule has 3 heterocycles. The van der Waals surface area contributed by atoms with Crippen LogP contribution < -0.4 is 5.32 Å². The highest BCUT2D eigenvalue weighted by atomic mass is 35.5. The number of nitrogens with one attached hydrogen (secondary N) is 1. The van der Waals surface area contributed by atoms with E-state index in [1.54, 1.807) is 11.3 Å². The van der Waals surface area contributed by atoms with E-state index in [9.17, 15) is 0 Å². The SMILES string of the molecule is CC(C)c1nc2c(N[C@H]3CC[C@H](N4CCOCC4)CC3)nc(Cl)nc2s1. The summed E-state index contributed by atoms with van der Waals surface area (Å²) in [5.74, 6) is 1.17. The van der Waals surface area contributed by atoms with Crippen LogP contribution in [0.4, 0.5) is 5.82 Å². The number of rotatable bonds is 4. The molecule has 2 aliphatic rings. The zero-order chi connectivity index (χ0) is 18.1. The smallest absolute Gasteiger partial charge is 0.225 e. The number of halogens is 1. The number of ether oxygens (including phenoxy) is 1. The number of morpholine rings is 1. The zero-order valence-electron chi connectivity index (χ0n) is 15.4. The lowest BCUT2D eigenvalue weighted by Crippen LogP contribution is -2.46. The van der Waals surface area contributed by atoms with Crippen molar-refractivity contribution in [3.63, 3.8) is 0 Å². The van der Waals surface area contributed by atoms with Gasteiger partial charge in [-0.05, 0) is 37.3 Å². The van der Waals surface area contributed by atoms with Crippen LogP contribution in [0.25, 0.3) is 10.3 Å². The van der Waals surface area contributed by atoms with Gasteiger partial charge in [0.2, 0.25) is 5.28 Å². The molecule has 0 atom stereocenters. The monoisotopic (exact) mass is 395 g/mol. The molecule has 1 N–H and O–H groups in total. The molecule has 0 aromatic carbocycles. The normalized spacial score (nSPS) is 25.1. The van der Waals surface area contributed by atoms with E-state index in [2.05, 4.69) is 34.0 Å². The summed E-state index contributed by atoms with van der Waals surface area (Å²) in [6, 6.07) is 1.11. The third-order valence-electron chi connectivity index (χ3n) is 5.34. The molecule has 0 unspecified atom stereocenters.